The number of rotatable bonds is 4. The summed E-state index contributed by atoms with van der Waals surface area (Å²) in [7, 11) is 4.88. The maximum absolute atomic E-state index is 5.64. The molecule has 0 aliphatic carbocycles. The van der Waals surface area contributed by atoms with Crippen LogP contribution in [0.3, 0.4) is 0 Å². The fraction of sp³-hybridized carbons (Fsp3) is 0.176. The Labute approximate surface area is 122 Å². The van der Waals surface area contributed by atoms with Gasteiger partial charge < -0.3 is 18.6 Å². The zero-order valence-corrected chi connectivity index (χ0v) is 12.2. The molecule has 0 amide bonds. The van der Waals surface area contributed by atoms with Crippen LogP contribution in [0.2, 0.25) is 0 Å². The predicted octanol–water partition coefficient (Wildman–Crippen LogP) is 4.13. The Balaban J connectivity index is 2.14. The standard InChI is InChI=1S/C17H16O4/c1-18-12-6-4-11(5-7-12)14-10-21-15-9-17(20-3)16(19-2)8-13(14)15/h4-10H,1-3H3. The summed E-state index contributed by atoms with van der Waals surface area (Å²) in [5.41, 5.74) is 2.83. The molecule has 4 nitrogen and oxygen atoms in total. The van der Waals surface area contributed by atoms with Crippen molar-refractivity contribution in [2.75, 3.05) is 21.3 Å². The number of benzene rings is 2. The zero-order valence-electron chi connectivity index (χ0n) is 12.2. The summed E-state index contributed by atoms with van der Waals surface area (Å²) in [6.45, 7) is 0. The average molecular weight is 284 g/mol. The molecule has 1 aromatic heterocycles. The Bertz CT molecular complexity index is 756. The number of hydrogen-bond acceptors (Lipinski definition) is 4. The molecule has 0 N–H and O–H groups in total. The lowest BCUT2D eigenvalue weighted by atomic mass is 10.0. The van der Waals surface area contributed by atoms with Gasteiger partial charge in [0.05, 0.1) is 27.6 Å². The summed E-state index contributed by atoms with van der Waals surface area (Å²) >= 11 is 0. The first-order valence-electron chi connectivity index (χ1n) is 6.54. The molecule has 3 aromatic rings. The van der Waals surface area contributed by atoms with Crippen molar-refractivity contribution in [2.45, 2.75) is 0 Å². The molecule has 3 rings (SSSR count). The van der Waals surface area contributed by atoms with Crippen molar-refractivity contribution in [2.24, 2.45) is 0 Å². The highest BCUT2D eigenvalue weighted by Gasteiger charge is 2.13. The largest absolute Gasteiger partial charge is 0.497 e. The third-order valence-electron chi connectivity index (χ3n) is 3.48. The molecular formula is C17H16O4. The van der Waals surface area contributed by atoms with Crippen LogP contribution in [-0.2, 0) is 0 Å². The molecule has 0 fully saturated rings. The van der Waals surface area contributed by atoms with Gasteiger partial charge in [-0.05, 0) is 23.8 Å². The summed E-state index contributed by atoms with van der Waals surface area (Å²) in [4.78, 5) is 0. The molecule has 0 aliphatic heterocycles. The van der Waals surface area contributed by atoms with E-state index in [1.807, 2.05) is 36.4 Å². The fourth-order valence-electron chi connectivity index (χ4n) is 2.35. The molecule has 108 valence electrons. The first kappa shape index (κ1) is 13.4. The van der Waals surface area contributed by atoms with Crippen LogP contribution < -0.4 is 14.2 Å². The van der Waals surface area contributed by atoms with Gasteiger partial charge in [0, 0.05) is 17.0 Å². The van der Waals surface area contributed by atoms with E-state index in [1.165, 1.54) is 0 Å². The highest BCUT2D eigenvalue weighted by atomic mass is 16.5. The summed E-state index contributed by atoms with van der Waals surface area (Å²) < 4.78 is 21.5. The van der Waals surface area contributed by atoms with Gasteiger partial charge in [-0.3, -0.25) is 0 Å². The predicted molar refractivity (Wildman–Crippen MR) is 81.3 cm³/mol. The summed E-state index contributed by atoms with van der Waals surface area (Å²) in [5.74, 6) is 2.16. The van der Waals surface area contributed by atoms with Gasteiger partial charge in [-0.2, -0.15) is 0 Å². The summed E-state index contributed by atoms with van der Waals surface area (Å²) in [6.07, 6.45) is 1.74. The molecule has 0 radical (unpaired) electrons. The smallest absolute Gasteiger partial charge is 0.164 e. The van der Waals surface area contributed by atoms with Crippen molar-refractivity contribution in [1.82, 2.24) is 0 Å². The molecule has 0 saturated heterocycles. The highest BCUT2D eigenvalue weighted by Crippen LogP contribution is 2.38. The minimum Gasteiger partial charge on any atom is -0.497 e. The van der Waals surface area contributed by atoms with Gasteiger partial charge in [0.2, 0.25) is 0 Å². The monoisotopic (exact) mass is 284 g/mol. The van der Waals surface area contributed by atoms with E-state index in [4.69, 9.17) is 18.6 Å². The molecule has 4 heteroatoms. The van der Waals surface area contributed by atoms with E-state index >= 15 is 0 Å². The maximum atomic E-state index is 5.64. The Morgan fingerprint density at radius 1 is 0.810 bits per heavy atom. The van der Waals surface area contributed by atoms with E-state index in [-0.39, 0.29) is 0 Å². The van der Waals surface area contributed by atoms with Crippen LogP contribution in [0.5, 0.6) is 17.2 Å². The van der Waals surface area contributed by atoms with E-state index in [9.17, 15) is 0 Å². The van der Waals surface area contributed by atoms with Crippen molar-refractivity contribution in [3.63, 3.8) is 0 Å². The lowest BCUT2D eigenvalue weighted by molar-refractivity contribution is 0.355. The second-order valence-corrected chi connectivity index (χ2v) is 4.58. The van der Waals surface area contributed by atoms with Crippen LogP contribution in [-0.4, -0.2) is 21.3 Å². The molecule has 1 heterocycles. The van der Waals surface area contributed by atoms with Crippen LogP contribution in [0, 0.1) is 0 Å². The van der Waals surface area contributed by atoms with Gasteiger partial charge in [-0.25, -0.2) is 0 Å². The minimum absolute atomic E-state index is 0.653. The van der Waals surface area contributed by atoms with Crippen LogP contribution in [0.25, 0.3) is 22.1 Å². The van der Waals surface area contributed by atoms with Crippen LogP contribution >= 0.6 is 0 Å². The topological polar surface area (TPSA) is 40.8 Å². The summed E-state index contributed by atoms with van der Waals surface area (Å²) in [6, 6.07) is 11.6. The van der Waals surface area contributed by atoms with Gasteiger partial charge >= 0.3 is 0 Å². The Kier molecular flexibility index (Phi) is 3.44. The van der Waals surface area contributed by atoms with Crippen LogP contribution in [0.15, 0.2) is 47.1 Å². The van der Waals surface area contributed by atoms with Gasteiger partial charge in [0.1, 0.15) is 11.3 Å². The molecule has 0 aliphatic rings. The van der Waals surface area contributed by atoms with Crippen molar-refractivity contribution in [3.8, 4) is 28.4 Å². The van der Waals surface area contributed by atoms with Crippen molar-refractivity contribution in [3.05, 3.63) is 42.7 Å². The number of hydrogen-bond donors (Lipinski definition) is 0. The SMILES string of the molecule is COc1ccc(-c2coc3cc(OC)c(OC)cc23)cc1. The Morgan fingerprint density at radius 2 is 1.48 bits per heavy atom. The van der Waals surface area contributed by atoms with Crippen molar-refractivity contribution >= 4 is 11.0 Å². The van der Waals surface area contributed by atoms with E-state index < -0.39 is 0 Å². The third kappa shape index (κ3) is 2.29. The Hall–Kier alpha value is -2.62. The first-order chi connectivity index (χ1) is 10.3. The van der Waals surface area contributed by atoms with Crippen LogP contribution in [0.4, 0.5) is 0 Å². The number of methoxy groups -OCH3 is 3. The molecule has 21 heavy (non-hydrogen) atoms. The zero-order chi connectivity index (χ0) is 14.8. The van der Waals surface area contributed by atoms with E-state index in [2.05, 4.69) is 0 Å². The molecule has 0 atom stereocenters. The molecule has 0 bridgehead atoms. The van der Waals surface area contributed by atoms with E-state index in [1.54, 1.807) is 27.6 Å². The molecule has 0 spiro atoms. The third-order valence-corrected chi connectivity index (χ3v) is 3.48. The molecule has 2 aromatic carbocycles. The second kappa shape index (κ2) is 5.40. The van der Waals surface area contributed by atoms with Crippen molar-refractivity contribution < 1.29 is 18.6 Å². The average Bonchev–Trinajstić information content (AvgIpc) is 2.96. The maximum Gasteiger partial charge on any atom is 0.164 e. The fourth-order valence-corrected chi connectivity index (χ4v) is 2.35. The Morgan fingerprint density at radius 3 is 2.10 bits per heavy atom. The number of furan rings is 1. The number of ether oxygens (including phenoxy) is 3. The van der Waals surface area contributed by atoms with Gasteiger partial charge in [-0.1, -0.05) is 12.1 Å². The van der Waals surface area contributed by atoms with Gasteiger partial charge in [0.25, 0.3) is 0 Å². The van der Waals surface area contributed by atoms with Gasteiger partial charge in [-0.15, -0.1) is 0 Å². The summed E-state index contributed by atoms with van der Waals surface area (Å²) in [5, 5.41) is 0.984. The van der Waals surface area contributed by atoms with Gasteiger partial charge in [0.15, 0.2) is 11.5 Å². The lowest BCUT2D eigenvalue weighted by Gasteiger charge is -2.07. The lowest BCUT2D eigenvalue weighted by Crippen LogP contribution is -1.90. The van der Waals surface area contributed by atoms with E-state index in [0.717, 1.165) is 27.8 Å². The van der Waals surface area contributed by atoms with Crippen molar-refractivity contribution in [1.29, 1.82) is 0 Å². The second-order valence-electron chi connectivity index (χ2n) is 4.58. The number of fused-ring (bicyclic) bond motifs is 1. The molecule has 0 unspecified atom stereocenters. The highest BCUT2D eigenvalue weighted by molar-refractivity contribution is 5.95. The first-order valence-corrected chi connectivity index (χ1v) is 6.54. The molecule has 0 saturated carbocycles. The van der Waals surface area contributed by atoms with Crippen LogP contribution in [0.1, 0.15) is 0 Å². The minimum atomic E-state index is 0.653. The normalized spacial score (nSPS) is 10.6. The quantitative estimate of drug-likeness (QED) is 0.722. The van der Waals surface area contributed by atoms with E-state index in [0.29, 0.717) is 11.5 Å². The molecular weight excluding hydrogens is 268 g/mol.